The molecule has 1 heterocycles. The summed E-state index contributed by atoms with van der Waals surface area (Å²) in [5.74, 6) is 0.0103. The Bertz CT molecular complexity index is 820. The number of aromatic nitrogens is 1. The molecule has 1 amide bonds. The smallest absolute Gasteiger partial charge is 0.233 e. The predicted molar refractivity (Wildman–Crippen MR) is 98.2 cm³/mol. The van der Waals surface area contributed by atoms with Crippen molar-refractivity contribution in [2.75, 3.05) is 0 Å². The van der Waals surface area contributed by atoms with Crippen molar-refractivity contribution in [2.45, 2.75) is 23.1 Å². The van der Waals surface area contributed by atoms with Crippen LogP contribution in [0.5, 0.6) is 0 Å². The first-order valence-electron chi connectivity index (χ1n) is 7.16. The molecule has 0 saturated heterocycles. The van der Waals surface area contributed by atoms with Crippen LogP contribution >= 0.6 is 34.7 Å². The molecule has 0 spiro atoms. The van der Waals surface area contributed by atoms with E-state index in [9.17, 15) is 4.79 Å². The minimum absolute atomic E-state index is 0.0103. The molecule has 0 aliphatic heterocycles. The third-order valence-corrected chi connectivity index (χ3v) is 5.75. The van der Waals surface area contributed by atoms with Crippen molar-refractivity contribution in [1.29, 1.82) is 0 Å². The molecule has 0 saturated carbocycles. The Morgan fingerprint density at radius 2 is 2.09 bits per heavy atom. The lowest BCUT2D eigenvalue weighted by molar-refractivity contribution is -0.120. The molecule has 3 nitrogen and oxygen atoms in total. The third-order valence-electron chi connectivity index (χ3n) is 3.29. The number of halogens is 1. The van der Waals surface area contributed by atoms with Gasteiger partial charge in [0.1, 0.15) is 0 Å². The van der Waals surface area contributed by atoms with E-state index in [-0.39, 0.29) is 11.2 Å². The number of thiazole rings is 1. The Hall–Kier alpha value is -1.56. The number of amides is 1. The summed E-state index contributed by atoms with van der Waals surface area (Å²) in [5.41, 5.74) is 1.97. The van der Waals surface area contributed by atoms with Gasteiger partial charge < -0.3 is 5.32 Å². The second-order valence-corrected chi connectivity index (χ2v) is 8.11. The number of carbonyl (C=O) groups is 1. The summed E-state index contributed by atoms with van der Waals surface area (Å²) < 4.78 is 1.96. The van der Waals surface area contributed by atoms with E-state index < -0.39 is 0 Å². The van der Waals surface area contributed by atoms with E-state index in [1.807, 2.05) is 55.5 Å². The number of hydrogen-bond acceptors (Lipinski definition) is 4. The molecule has 1 aromatic heterocycles. The van der Waals surface area contributed by atoms with Gasteiger partial charge in [0.05, 0.1) is 15.5 Å². The molecule has 6 heteroatoms. The van der Waals surface area contributed by atoms with Gasteiger partial charge in [0, 0.05) is 11.6 Å². The monoisotopic (exact) mass is 362 g/mol. The molecule has 3 rings (SSSR count). The topological polar surface area (TPSA) is 42.0 Å². The molecular weight excluding hydrogens is 348 g/mol. The first-order valence-corrected chi connectivity index (χ1v) is 9.23. The average Bonchev–Trinajstić information content (AvgIpc) is 2.94. The molecule has 0 radical (unpaired) electrons. The van der Waals surface area contributed by atoms with Gasteiger partial charge in [0.15, 0.2) is 4.34 Å². The maximum atomic E-state index is 12.2. The van der Waals surface area contributed by atoms with Crippen LogP contribution in [0.3, 0.4) is 0 Å². The number of carbonyl (C=O) groups excluding carboxylic acids is 1. The first-order chi connectivity index (χ1) is 11.1. The zero-order valence-corrected chi connectivity index (χ0v) is 14.8. The van der Waals surface area contributed by atoms with Crippen molar-refractivity contribution in [3.63, 3.8) is 0 Å². The van der Waals surface area contributed by atoms with E-state index in [0.717, 1.165) is 20.1 Å². The summed E-state index contributed by atoms with van der Waals surface area (Å²) in [6.45, 7) is 2.43. The van der Waals surface area contributed by atoms with Crippen molar-refractivity contribution in [3.8, 4) is 0 Å². The summed E-state index contributed by atoms with van der Waals surface area (Å²) in [5, 5.41) is 3.43. The second kappa shape index (κ2) is 7.34. The standard InChI is InChI=1S/C17H15ClN2OS2/c1-11(16(21)19-10-12-5-3-2-4-6-12)22-17-20-14-9-13(18)7-8-15(14)23-17/h2-9,11H,10H2,1H3,(H,19,21)/t11-/m1/s1. The van der Waals surface area contributed by atoms with Gasteiger partial charge in [-0.15, -0.1) is 11.3 Å². The number of thioether (sulfide) groups is 1. The number of fused-ring (bicyclic) bond motifs is 1. The molecular formula is C17H15ClN2OS2. The molecule has 0 unspecified atom stereocenters. The maximum Gasteiger partial charge on any atom is 0.233 e. The van der Waals surface area contributed by atoms with Gasteiger partial charge in [-0.1, -0.05) is 53.7 Å². The Morgan fingerprint density at radius 3 is 2.87 bits per heavy atom. The molecule has 0 aliphatic carbocycles. The number of nitrogens with one attached hydrogen (secondary N) is 1. The van der Waals surface area contributed by atoms with E-state index in [1.165, 1.54) is 11.8 Å². The van der Waals surface area contributed by atoms with Gasteiger partial charge in [-0.2, -0.15) is 0 Å². The van der Waals surface area contributed by atoms with Crippen molar-refractivity contribution >= 4 is 50.8 Å². The lowest BCUT2D eigenvalue weighted by atomic mass is 10.2. The van der Waals surface area contributed by atoms with Crippen LogP contribution in [0.1, 0.15) is 12.5 Å². The molecule has 118 valence electrons. The van der Waals surface area contributed by atoms with E-state index in [0.29, 0.717) is 11.6 Å². The fourth-order valence-corrected chi connectivity index (χ4v) is 4.45. The average molecular weight is 363 g/mol. The summed E-state index contributed by atoms with van der Waals surface area (Å²) in [6.07, 6.45) is 0. The highest BCUT2D eigenvalue weighted by Crippen LogP contribution is 2.33. The summed E-state index contributed by atoms with van der Waals surface area (Å²) in [4.78, 5) is 16.7. The van der Waals surface area contributed by atoms with Gasteiger partial charge >= 0.3 is 0 Å². The Morgan fingerprint density at radius 1 is 1.30 bits per heavy atom. The highest BCUT2D eigenvalue weighted by Gasteiger charge is 2.16. The highest BCUT2D eigenvalue weighted by atomic mass is 35.5. The minimum atomic E-state index is -0.199. The molecule has 1 atom stereocenters. The Labute approximate surface area is 148 Å². The van der Waals surface area contributed by atoms with Crippen molar-refractivity contribution in [1.82, 2.24) is 10.3 Å². The van der Waals surface area contributed by atoms with Crippen LogP contribution in [0.15, 0.2) is 52.9 Å². The van der Waals surface area contributed by atoms with Gasteiger partial charge in [0.2, 0.25) is 5.91 Å². The van der Waals surface area contributed by atoms with Crippen LogP contribution in [0.25, 0.3) is 10.2 Å². The molecule has 0 bridgehead atoms. The third kappa shape index (κ3) is 4.25. The minimum Gasteiger partial charge on any atom is -0.351 e. The van der Waals surface area contributed by atoms with E-state index in [2.05, 4.69) is 10.3 Å². The van der Waals surface area contributed by atoms with E-state index in [4.69, 9.17) is 11.6 Å². The fraction of sp³-hybridized carbons (Fsp3) is 0.176. The number of nitrogens with zero attached hydrogens (tertiary/aromatic N) is 1. The van der Waals surface area contributed by atoms with Crippen LogP contribution in [0.2, 0.25) is 5.02 Å². The van der Waals surface area contributed by atoms with Crippen LogP contribution < -0.4 is 5.32 Å². The van der Waals surface area contributed by atoms with Crippen LogP contribution in [-0.4, -0.2) is 16.1 Å². The summed E-state index contributed by atoms with van der Waals surface area (Å²) in [6, 6.07) is 15.5. The first kappa shape index (κ1) is 16.3. The molecule has 23 heavy (non-hydrogen) atoms. The van der Waals surface area contributed by atoms with E-state index in [1.54, 1.807) is 11.3 Å². The second-order valence-electron chi connectivity index (χ2n) is 5.06. The summed E-state index contributed by atoms with van der Waals surface area (Å²) in [7, 11) is 0. The quantitative estimate of drug-likeness (QED) is 0.666. The fourth-order valence-electron chi connectivity index (χ4n) is 2.06. The van der Waals surface area contributed by atoms with Crippen LogP contribution in [-0.2, 0) is 11.3 Å². The van der Waals surface area contributed by atoms with Crippen LogP contribution in [0, 0.1) is 0 Å². The SMILES string of the molecule is C[C@@H](Sc1nc2cc(Cl)ccc2s1)C(=O)NCc1ccccc1. The molecule has 0 aliphatic rings. The highest BCUT2D eigenvalue weighted by molar-refractivity contribution is 8.02. The van der Waals surface area contributed by atoms with Crippen molar-refractivity contribution < 1.29 is 4.79 Å². The van der Waals surface area contributed by atoms with Crippen LogP contribution in [0.4, 0.5) is 0 Å². The molecule has 2 aromatic carbocycles. The predicted octanol–water partition coefficient (Wildman–Crippen LogP) is 4.75. The molecule has 0 fully saturated rings. The number of hydrogen-bond donors (Lipinski definition) is 1. The van der Waals surface area contributed by atoms with Gasteiger partial charge in [-0.25, -0.2) is 4.98 Å². The Balaban J connectivity index is 1.60. The van der Waals surface area contributed by atoms with Gasteiger partial charge in [0.25, 0.3) is 0 Å². The van der Waals surface area contributed by atoms with Gasteiger partial charge in [-0.05, 0) is 30.7 Å². The number of rotatable bonds is 5. The maximum absolute atomic E-state index is 12.2. The summed E-state index contributed by atoms with van der Waals surface area (Å²) >= 11 is 9.03. The number of benzene rings is 2. The zero-order chi connectivity index (χ0) is 16.2. The lowest BCUT2D eigenvalue weighted by Crippen LogP contribution is -2.30. The zero-order valence-electron chi connectivity index (χ0n) is 12.5. The van der Waals surface area contributed by atoms with Crippen molar-refractivity contribution in [2.24, 2.45) is 0 Å². The largest absolute Gasteiger partial charge is 0.351 e. The van der Waals surface area contributed by atoms with Gasteiger partial charge in [-0.3, -0.25) is 4.79 Å². The van der Waals surface area contributed by atoms with E-state index >= 15 is 0 Å². The Kier molecular flexibility index (Phi) is 5.20. The lowest BCUT2D eigenvalue weighted by Gasteiger charge is -2.10. The molecule has 3 aromatic rings. The normalized spacial score (nSPS) is 12.3. The molecule has 1 N–H and O–H groups in total. The van der Waals surface area contributed by atoms with Crippen molar-refractivity contribution in [3.05, 3.63) is 59.1 Å².